The molecule has 2 aromatic carbocycles. The molecule has 2 N–H and O–H groups in total. The maximum absolute atomic E-state index is 13.0. The van der Waals surface area contributed by atoms with Gasteiger partial charge in [0.15, 0.2) is 6.10 Å². The number of rotatable bonds is 5. The van der Waals surface area contributed by atoms with E-state index in [1.54, 1.807) is 13.0 Å². The Bertz CT molecular complexity index is 1180. The molecular formula is C24H23F6N3O4. The van der Waals surface area contributed by atoms with Crippen LogP contribution >= 0.6 is 0 Å². The van der Waals surface area contributed by atoms with Crippen molar-refractivity contribution in [3.05, 3.63) is 48.0 Å². The van der Waals surface area contributed by atoms with Gasteiger partial charge in [-0.25, -0.2) is 4.79 Å². The zero-order valence-electron chi connectivity index (χ0n) is 19.6. The van der Waals surface area contributed by atoms with Crippen molar-refractivity contribution >= 4 is 23.3 Å². The Hall–Kier alpha value is -3.64. The van der Waals surface area contributed by atoms with Gasteiger partial charge >= 0.3 is 18.6 Å². The van der Waals surface area contributed by atoms with E-state index in [4.69, 9.17) is 4.74 Å². The van der Waals surface area contributed by atoms with Crippen LogP contribution in [0.3, 0.4) is 0 Å². The molecule has 7 nitrogen and oxygen atoms in total. The molecule has 1 aliphatic carbocycles. The number of anilines is 2. The zero-order valence-corrected chi connectivity index (χ0v) is 19.6. The van der Waals surface area contributed by atoms with Crippen molar-refractivity contribution in [3.8, 4) is 11.5 Å². The molecule has 2 aliphatic rings. The first kappa shape index (κ1) is 26.4. The number of nitrogens with zero attached hydrogens (tertiary/aromatic N) is 1. The van der Waals surface area contributed by atoms with Crippen LogP contribution in [0.4, 0.5) is 42.5 Å². The minimum absolute atomic E-state index is 0.189. The van der Waals surface area contributed by atoms with Crippen LogP contribution in [0, 0.1) is 5.92 Å². The first-order chi connectivity index (χ1) is 17.2. The SMILES string of the molecule is C[C@H]1Oc2cc(NC(=O)NC3CC(C(F)(F)F)C3)ccc2N([C@@H](C)c2cccc(OC(F)(F)F)c2)C1=O. The Morgan fingerprint density at radius 1 is 1.11 bits per heavy atom. The summed E-state index contributed by atoms with van der Waals surface area (Å²) < 4.78 is 85.5. The van der Waals surface area contributed by atoms with E-state index >= 15 is 0 Å². The van der Waals surface area contributed by atoms with Crippen LogP contribution in [0.5, 0.6) is 11.5 Å². The standard InChI is InChI=1S/C24H23F6N3O4/c1-12(14-4-3-5-18(8-14)37-24(28,29)30)33-19-7-6-16(11-20(19)36-13(2)21(33)34)31-22(35)32-17-9-15(10-17)23(25,26)27/h3-8,11-13,15,17H,9-10H2,1-2H3,(H2,31,32,35)/t12-,13+,15?,17?/m0/s1. The summed E-state index contributed by atoms with van der Waals surface area (Å²) in [6, 6.07) is 7.75. The lowest BCUT2D eigenvalue weighted by molar-refractivity contribution is -0.274. The average Bonchev–Trinajstić information content (AvgIpc) is 2.75. The molecule has 1 saturated carbocycles. The van der Waals surface area contributed by atoms with E-state index in [2.05, 4.69) is 15.4 Å². The fourth-order valence-electron chi connectivity index (χ4n) is 4.32. The monoisotopic (exact) mass is 531 g/mol. The molecule has 2 aromatic rings. The van der Waals surface area contributed by atoms with E-state index in [0.29, 0.717) is 11.3 Å². The lowest BCUT2D eigenvalue weighted by Crippen LogP contribution is -2.50. The van der Waals surface area contributed by atoms with Gasteiger partial charge in [-0.1, -0.05) is 12.1 Å². The summed E-state index contributed by atoms with van der Waals surface area (Å²) >= 11 is 0. The van der Waals surface area contributed by atoms with Gasteiger partial charge in [-0.15, -0.1) is 13.2 Å². The molecule has 1 aliphatic heterocycles. The van der Waals surface area contributed by atoms with Gasteiger partial charge in [-0.3, -0.25) is 9.69 Å². The van der Waals surface area contributed by atoms with Crippen LogP contribution < -0.4 is 25.0 Å². The predicted molar refractivity (Wildman–Crippen MR) is 120 cm³/mol. The van der Waals surface area contributed by atoms with Crippen molar-refractivity contribution in [3.63, 3.8) is 0 Å². The van der Waals surface area contributed by atoms with Crippen LogP contribution in [0.1, 0.15) is 38.3 Å². The molecule has 0 bridgehead atoms. The van der Waals surface area contributed by atoms with Gasteiger partial charge in [0.1, 0.15) is 11.5 Å². The molecule has 0 spiro atoms. The number of amides is 3. The molecule has 200 valence electrons. The van der Waals surface area contributed by atoms with Gasteiger partial charge in [0.2, 0.25) is 0 Å². The molecule has 37 heavy (non-hydrogen) atoms. The summed E-state index contributed by atoms with van der Waals surface area (Å²) in [7, 11) is 0. The Balaban J connectivity index is 1.48. The second-order valence-electron chi connectivity index (χ2n) is 8.95. The fourth-order valence-corrected chi connectivity index (χ4v) is 4.32. The van der Waals surface area contributed by atoms with E-state index in [1.807, 2.05) is 0 Å². The molecule has 3 amide bonds. The minimum Gasteiger partial charge on any atom is -0.479 e. The largest absolute Gasteiger partial charge is 0.573 e. The second-order valence-corrected chi connectivity index (χ2v) is 8.95. The summed E-state index contributed by atoms with van der Waals surface area (Å²) in [6.07, 6.45) is -10.5. The summed E-state index contributed by atoms with van der Waals surface area (Å²) in [4.78, 5) is 26.6. The first-order valence-corrected chi connectivity index (χ1v) is 11.3. The van der Waals surface area contributed by atoms with Gasteiger partial charge < -0.3 is 20.1 Å². The number of alkyl halides is 6. The van der Waals surface area contributed by atoms with Gasteiger partial charge in [-0.05, 0) is 56.5 Å². The van der Waals surface area contributed by atoms with E-state index in [9.17, 15) is 35.9 Å². The number of carbonyl (C=O) groups excluding carboxylic acids is 2. The minimum atomic E-state index is -4.87. The van der Waals surface area contributed by atoms with Crippen molar-refractivity contribution in [2.45, 2.75) is 57.4 Å². The molecule has 0 aromatic heterocycles. The highest BCUT2D eigenvalue weighted by Crippen LogP contribution is 2.42. The number of nitrogens with one attached hydrogen (secondary N) is 2. The van der Waals surface area contributed by atoms with E-state index in [0.717, 1.165) is 6.07 Å². The molecule has 0 saturated heterocycles. The Labute approximate surface area is 207 Å². The summed E-state index contributed by atoms with van der Waals surface area (Å²) in [6.45, 7) is 3.15. The maximum Gasteiger partial charge on any atom is 0.573 e. The zero-order chi connectivity index (χ0) is 27.1. The fraction of sp³-hybridized carbons (Fsp3) is 0.417. The quantitative estimate of drug-likeness (QED) is 0.470. The van der Waals surface area contributed by atoms with Crippen LogP contribution in [-0.4, -0.2) is 36.6 Å². The molecule has 0 unspecified atom stereocenters. The van der Waals surface area contributed by atoms with Gasteiger partial charge in [0.25, 0.3) is 5.91 Å². The van der Waals surface area contributed by atoms with Gasteiger partial charge in [0, 0.05) is 17.8 Å². The highest BCUT2D eigenvalue weighted by Gasteiger charge is 2.48. The van der Waals surface area contributed by atoms with Crippen molar-refractivity contribution in [2.75, 3.05) is 10.2 Å². The third-order valence-corrected chi connectivity index (χ3v) is 6.26. The van der Waals surface area contributed by atoms with E-state index < -0.39 is 54.3 Å². The number of carbonyl (C=O) groups is 2. The number of halogens is 6. The number of hydrogen-bond donors (Lipinski definition) is 2. The molecule has 0 radical (unpaired) electrons. The second kappa shape index (κ2) is 9.67. The van der Waals surface area contributed by atoms with E-state index in [1.165, 1.54) is 42.2 Å². The van der Waals surface area contributed by atoms with Crippen LogP contribution in [0.25, 0.3) is 0 Å². The first-order valence-electron chi connectivity index (χ1n) is 11.3. The van der Waals surface area contributed by atoms with Crippen molar-refractivity contribution < 1.29 is 45.4 Å². The molecule has 1 fully saturated rings. The average molecular weight is 531 g/mol. The number of benzene rings is 2. The van der Waals surface area contributed by atoms with Crippen LogP contribution in [0.2, 0.25) is 0 Å². The number of fused-ring (bicyclic) bond motifs is 1. The van der Waals surface area contributed by atoms with Crippen LogP contribution in [-0.2, 0) is 4.79 Å². The Morgan fingerprint density at radius 2 is 1.81 bits per heavy atom. The molecule has 4 rings (SSSR count). The normalized spacial score (nSPS) is 22.3. The number of hydrogen-bond acceptors (Lipinski definition) is 4. The topological polar surface area (TPSA) is 79.9 Å². The molecule has 1 heterocycles. The third-order valence-electron chi connectivity index (χ3n) is 6.26. The smallest absolute Gasteiger partial charge is 0.479 e. The Morgan fingerprint density at radius 3 is 2.46 bits per heavy atom. The molecular weight excluding hydrogens is 508 g/mol. The lowest BCUT2D eigenvalue weighted by Gasteiger charge is -2.37. The molecule has 13 heteroatoms. The third kappa shape index (κ3) is 6.03. The lowest BCUT2D eigenvalue weighted by atomic mass is 9.80. The summed E-state index contributed by atoms with van der Waals surface area (Å²) in [5.41, 5.74) is 0.989. The highest BCUT2D eigenvalue weighted by atomic mass is 19.4. The van der Waals surface area contributed by atoms with Crippen molar-refractivity contribution in [1.82, 2.24) is 5.32 Å². The summed E-state index contributed by atoms with van der Waals surface area (Å²) in [5.74, 6) is -2.04. The number of urea groups is 1. The van der Waals surface area contributed by atoms with Crippen molar-refractivity contribution in [2.24, 2.45) is 5.92 Å². The highest BCUT2D eigenvalue weighted by molar-refractivity contribution is 6.01. The Kier molecular flexibility index (Phi) is 6.91. The van der Waals surface area contributed by atoms with Gasteiger partial charge in [0.05, 0.1) is 17.6 Å². The summed E-state index contributed by atoms with van der Waals surface area (Å²) in [5, 5.41) is 5.02. The maximum atomic E-state index is 13.0. The van der Waals surface area contributed by atoms with Crippen LogP contribution in [0.15, 0.2) is 42.5 Å². The predicted octanol–water partition coefficient (Wildman–Crippen LogP) is 5.92. The molecule has 2 atom stereocenters. The number of ether oxygens (including phenoxy) is 2. The van der Waals surface area contributed by atoms with Crippen molar-refractivity contribution in [1.29, 1.82) is 0 Å². The van der Waals surface area contributed by atoms with E-state index in [-0.39, 0.29) is 24.3 Å². The van der Waals surface area contributed by atoms with Gasteiger partial charge in [-0.2, -0.15) is 13.2 Å².